The molecule has 2 aromatic rings. The molecule has 0 saturated heterocycles. The smallest absolute Gasteiger partial charge is 0.255 e. The van der Waals surface area contributed by atoms with Gasteiger partial charge >= 0.3 is 0 Å². The lowest BCUT2D eigenvalue weighted by molar-refractivity contribution is 0.0937. The highest BCUT2D eigenvalue weighted by Crippen LogP contribution is 2.12. The zero-order valence-corrected chi connectivity index (χ0v) is 12.6. The highest BCUT2D eigenvalue weighted by Gasteiger charge is 2.10. The van der Waals surface area contributed by atoms with E-state index in [9.17, 15) is 14.0 Å². The number of carbonyl (C=O) groups is 2. The van der Waals surface area contributed by atoms with E-state index in [1.807, 2.05) is 0 Å². The first-order chi connectivity index (χ1) is 11.1. The molecule has 0 aromatic heterocycles. The first-order valence-electron chi connectivity index (χ1n) is 7.04. The van der Waals surface area contributed by atoms with Gasteiger partial charge in [0.2, 0.25) is 0 Å². The van der Waals surface area contributed by atoms with Gasteiger partial charge in [0.1, 0.15) is 5.82 Å². The third-order valence-corrected chi connectivity index (χ3v) is 3.08. The normalized spacial score (nSPS) is 10.2. The van der Waals surface area contributed by atoms with Gasteiger partial charge in [-0.1, -0.05) is 6.07 Å². The fraction of sp³-hybridized carbons (Fsp3) is 0.176. The maximum atomic E-state index is 12.9. The average Bonchev–Trinajstić information content (AvgIpc) is 2.57. The predicted octanol–water partition coefficient (Wildman–Crippen LogP) is 2.45. The van der Waals surface area contributed by atoms with Crippen LogP contribution in [0.3, 0.4) is 0 Å². The number of hydrogen-bond acceptors (Lipinski definition) is 3. The van der Waals surface area contributed by atoms with Crippen LogP contribution >= 0.6 is 0 Å². The molecule has 6 heteroatoms. The van der Waals surface area contributed by atoms with Crippen LogP contribution in [0.5, 0.6) is 0 Å². The Morgan fingerprint density at radius 2 is 1.70 bits per heavy atom. The summed E-state index contributed by atoms with van der Waals surface area (Å²) in [5, 5.41) is 5.33. The molecule has 2 N–H and O–H groups in total. The van der Waals surface area contributed by atoms with Gasteiger partial charge < -0.3 is 15.4 Å². The first-order valence-corrected chi connectivity index (χ1v) is 7.04. The molecule has 0 unspecified atom stereocenters. The van der Waals surface area contributed by atoms with E-state index in [1.54, 1.807) is 25.3 Å². The number of hydrogen-bond donors (Lipinski definition) is 2. The summed E-state index contributed by atoms with van der Waals surface area (Å²) in [6.07, 6.45) is 0. The number of ether oxygens (including phenoxy) is 1. The molecule has 0 bridgehead atoms. The lowest BCUT2D eigenvalue weighted by Gasteiger charge is -2.08. The topological polar surface area (TPSA) is 67.4 Å². The van der Waals surface area contributed by atoms with Crippen molar-refractivity contribution < 1.29 is 18.7 Å². The molecule has 5 nitrogen and oxygen atoms in total. The van der Waals surface area contributed by atoms with Crippen molar-refractivity contribution in [3.8, 4) is 0 Å². The van der Waals surface area contributed by atoms with E-state index >= 15 is 0 Å². The van der Waals surface area contributed by atoms with Gasteiger partial charge in [0, 0.05) is 30.5 Å². The van der Waals surface area contributed by atoms with E-state index < -0.39 is 0 Å². The molecule has 0 saturated carbocycles. The number of nitrogens with one attached hydrogen (secondary N) is 2. The number of halogens is 1. The van der Waals surface area contributed by atoms with Crippen molar-refractivity contribution in [1.29, 1.82) is 0 Å². The van der Waals surface area contributed by atoms with Gasteiger partial charge in [0.25, 0.3) is 11.8 Å². The van der Waals surface area contributed by atoms with Crippen molar-refractivity contribution in [3.05, 3.63) is 65.5 Å². The van der Waals surface area contributed by atoms with E-state index in [4.69, 9.17) is 4.74 Å². The van der Waals surface area contributed by atoms with Gasteiger partial charge in [0.05, 0.1) is 6.61 Å². The molecule has 0 aliphatic heterocycles. The van der Waals surface area contributed by atoms with Crippen LogP contribution in [0.15, 0.2) is 48.5 Å². The molecule has 0 aliphatic rings. The van der Waals surface area contributed by atoms with Gasteiger partial charge in [0.15, 0.2) is 0 Å². The molecular weight excluding hydrogens is 299 g/mol. The maximum absolute atomic E-state index is 12.9. The zero-order valence-electron chi connectivity index (χ0n) is 12.6. The maximum Gasteiger partial charge on any atom is 0.255 e. The number of methoxy groups -OCH3 is 1. The Labute approximate surface area is 133 Å². The molecule has 23 heavy (non-hydrogen) atoms. The molecular formula is C17H17FN2O3. The second-order valence-electron chi connectivity index (χ2n) is 4.79. The molecule has 0 atom stereocenters. The van der Waals surface area contributed by atoms with Crippen LogP contribution in [0.25, 0.3) is 0 Å². The molecule has 0 heterocycles. The number of rotatable bonds is 6. The minimum Gasteiger partial charge on any atom is -0.383 e. The van der Waals surface area contributed by atoms with Crippen molar-refractivity contribution in [2.45, 2.75) is 0 Å². The summed E-state index contributed by atoms with van der Waals surface area (Å²) in [6.45, 7) is 0.803. The minimum absolute atomic E-state index is 0.279. The molecule has 0 fully saturated rings. The summed E-state index contributed by atoms with van der Waals surface area (Å²) in [5.74, 6) is -1.03. The summed E-state index contributed by atoms with van der Waals surface area (Å²) in [5.41, 5.74) is 1.20. The quantitative estimate of drug-likeness (QED) is 0.805. The Kier molecular flexibility index (Phi) is 5.82. The van der Waals surface area contributed by atoms with Crippen molar-refractivity contribution in [1.82, 2.24) is 5.32 Å². The number of carbonyl (C=O) groups excluding carboxylic acids is 2. The van der Waals surface area contributed by atoms with Crippen LogP contribution in [-0.2, 0) is 4.74 Å². The van der Waals surface area contributed by atoms with Crippen LogP contribution in [-0.4, -0.2) is 32.1 Å². The molecule has 0 aliphatic carbocycles. The number of benzene rings is 2. The van der Waals surface area contributed by atoms with Gasteiger partial charge in [-0.2, -0.15) is 0 Å². The van der Waals surface area contributed by atoms with Crippen molar-refractivity contribution in [2.75, 3.05) is 25.6 Å². The number of amides is 2. The third kappa shape index (κ3) is 4.89. The van der Waals surface area contributed by atoms with Gasteiger partial charge in [-0.3, -0.25) is 9.59 Å². The molecule has 0 spiro atoms. The number of anilines is 1. The van der Waals surface area contributed by atoms with Gasteiger partial charge in [-0.05, 0) is 42.5 Å². The minimum atomic E-state index is -0.377. The standard InChI is InChI=1S/C17H17FN2O3/c1-23-10-9-19-16(21)12-3-2-4-13(11-12)17(22)20-15-7-5-14(18)6-8-15/h2-8,11H,9-10H2,1H3,(H,19,21)(H,20,22). The summed E-state index contributed by atoms with van der Waals surface area (Å²) in [6, 6.07) is 11.8. The summed E-state index contributed by atoms with van der Waals surface area (Å²) >= 11 is 0. The largest absolute Gasteiger partial charge is 0.383 e. The van der Waals surface area contributed by atoms with Crippen LogP contribution in [0.4, 0.5) is 10.1 Å². The Morgan fingerprint density at radius 1 is 1.04 bits per heavy atom. The lowest BCUT2D eigenvalue weighted by atomic mass is 10.1. The second-order valence-corrected chi connectivity index (χ2v) is 4.79. The van der Waals surface area contributed by atoms with Gasteiger partial charge in [-0.25, -0.2) is 4.39 Å². The fourth-order valence-corrected chi connectivity index (χ4v) is 1.91. The van der Waals surface area contributed by atoms with Gasteiger partial charge in [-0.15, -0.1) is 0 Å². The van der Waals surface area contributed by atoms with Crippen molar-refractivity contribution in [3.63, 3.8) is 0 Å². The average molecular weight is 316 g/mol. The van der Waals surface area contributed by atoms with Crippen molar-refractivity contribution in [2.24, 2.45) is 0 Å². The van der Waals surface area contributed by atoms with Crippen LogP contribution < -0.4 is 10.6 Å². The molecule has 120 valence electrons. The van der Waals surface area contributed by atoms with Crippen LogP contribution in [0.2, 0.25) is 0 Å². The monoisotopic (exact) mass is 316 g/mol. The van der Waals surface area contributed by atoms with E-state index in [1.165, 1.54) is 30.3 Å². The Hall–Kier alpha value is -2.73. The summed E-state index contributed by atoms with van der Waals surface area (Å²) in [7, 11) is 1.55. The fourth-order valence-electron chi connectivity index (χ4n) is 1.91. The van der Waals surface area contributed by atoms with Crippen LogP contribution in [0, 0.1) is 5.82 Å². The van der Waals surface area contributed by atoms with E-state index in [0.717, 1.165) is 0 Å². The Morgan fingerprint density at radius 3 is 2.35 bits per heavy atom. The SMILES string of the molecule is COCCNC(=O)c1cccc(C(=O)Nc2ccc(F)cc2)c1. The highest BCUT2D eigenvalue weighted by molar-refractivity contribution is 6.06. The van der Waals surface area contributed by atoms with Crippen molar-refractivity contribution >= 4 is 17.5 Å². The second kappa shape index (κ2) is 8.05. The third-order valence-electron chi connectivity index (χ3n) is 3.08. The lowest BCUT2D eigenvalue weighted by Crippen LogP contribution is -2.27. The Bertz CT molecular complexity index is 686. The van der Waals surface area contributed by atoms with E-state index in [0.29, 0.717) is 30.0 Å². The highest BCUT2D eigenvalue weighted by atomic mass is 19.1. The molecule has 2 amide bonds. The summed E-state index contributed by atoms with van der Waals surface area (Å²) in [4.78, 5) is 24.1. The van der Waals surface area contributed by atoms with E-state index in [2.05, 4.69) is 10.6 Å². The molecule has 0 radical (unpaired) electrons. The Balaban J connectivity index is 2.04. The predicted molar refractivity (Wildman–Crippen MR) is 85.0 cm³/mol. The molecule has 2 rings (SSSR count). The zero-order chi connectivity index (χ0) is 16.7. The first kappa shape index (κ1) is 16.6. The van der Waals surface area contributed by atoms with E-state index in [-0.39, 0.29) is 17.6 Å². The molecule has 2 aromatic carbocycles. The van der Waals surface area contributed by atoms with Crippen LogP contribution in [0.1, 0.15) is 20.7 Å². The summed E-state index contributed by atoms with van der Waals surface area (Å²) < 4.78 is 17.7.